The van der Waals surface area contributed by atoms with Crippen LogP contribution < -0.4 is 21.1 Å². The first-order valence-corrected chi connectivity index (χ1v) is 8.41. The zero-order valence-electron chi connectivity index (χ0n) is 14.9. The second-order valence-corrected chi connectivity index (χ2v) is 5.78. The van der Waals surface area contributed by atoms with E-state index >= 15 is 0 Å². The number of hydrogen-bond donors (Lipinski definition) is 4. The SMILES string of the molecule is CCNC(=O)NC(=O)C[NH+](CCOC)Cc1nc2ccccc2c(=O)[nH]1. The van der Waals surface area contributed by atoms with E-state index in [0.717, 1.165) is 4.90 Å². The van der Waals surface area contributed by atoms with Gasteiger partial charge in [-0.2, -0.15) is 0 Å². The summed E-state index contributed by atoms with van der Waals surface area (Å²) >= 11 is 0. The van der Waals surface area contributed by atoms with Crippen LogP contribution in [0.3, 0.4) is 0 Å². The number of urea groups is 1. The number of carbonyl (C=O) groups is 2. The molecule has 1 atom stereocenters. The molecule has 0 saturated heterocycles. The number of imide groups is 1. The average Bonchev–Trinajstić information content (AvgIpc) is 2.59. The van der Waals surface area contributed by atoms with Gasteiger partial charge in [0.25, 0.3) is 11.5 Å². The van der Waals surface area contributed by atoms with Gasteiger partial charge in [-0.3, -0.25) is 14.9 Å². The van der Waals surface area contributed by atoms with Crippen LogP contribution in [0, 0.1) is 0 Å². The first-order chi connectivity index (χ1) is 12.5. The maximum atomic E-state index is 12.2. The molecule has 0 saturated carbocycles. The van der Waals surface area contributed by atoms with Gasteiger partial charge in [-0.25, -0.2) is 9.78 Å². The van der Waals surface area contributed by atoms with E-state index in [1.807, 2.05) is 6.07 Å². The second kappa shape index (κ2) is 9.64. The van der Waals surface area contributed by atoms with Crippen LogP contribution >= 0.6 is 0 Å². The lowest BCUT2D eigenvalue weighted by Gasteiger charge is -2.18. The van der Waals surface area contributed by atoms with Gasteiger partial charge in [0.05, 0.1) is 17.5 Å². The van der Waals surface area contributed by atoms with E-state index < -0.39 is 11.9 Å². The standard InChI is InChI=1S/C17H23N5O4/c1-3-18-17(25)21-15(23)11-22(8-9-26-2)10-14-19-13-7-5-4-6-12(13)16(24)20-14/h4-7H,3,8-11H2,1-2H3,(H,19,20,24)(H2,18,21,23,25)/p+1. The molecule has 4 N–H and O–H groups in total. The van der Waals surface area contributed by atoms with Crippen LogP contribution in [0.2, 0.25) is 0 Å². The van der Waals surface area contributed by atoms with Crippen molar-refractivity contribution in [1.82, 2.24) is 20.6 Å². The predicted molar refractivity (Wildman–Crippen MR) is 95.9 cm³/mol. The highest BCUT2D eigenvalue weighted by Gasteiger charge is 2.18. The van der Waals surface area contributed by atoms with Gasteiger partial charge in [-0.15, -0.1) is 0 Å². The van der Waals surface area contributed by atoms with Crippen molar-refractivity contribution in [1.29, 1.82) is 0 Å². The molecule has 1 aromatic heterocycles. The Balaban J connectivity index is 2.10. The first-order valence-electron chi connectivity index (χ1n) is 8.41. The molecule has 1 unspecified atom stereocenters. The van der Waals surface area contributed by atoms with Gasteiger partial charge in [0.15, 0.2) is 12.4 Å². The third-order valence-electron chi connectivity index (χ3n) is 3.74. The number of methoxy groups -OCH3 is 1. The zero-order chi connectivity index (χ0) is 18.9. The molecule has 0 spiro atoms. The predicted octanol–water partition coefficient (Wildman–Crippen LogP) is -1.20. The topological polar surface area (TPSA) is 118 Å². The molecule has 3 amide bonds. The number of amides is 3. The molecule has 0 bridgehead atoms. The Bertz CT molecular complexity index is 820. The molecule has 0 radical (unpaired) electrons. The molecular formula is C17H24N5O4+. The van der Waals surface area contributed by atoms with Crippen molar-refractivity contribution in [3.8, 4) is 0 Å². The summed E-state index contributed by atoms with van der Waals surface area (Å²) in [7, 11) is 1.57. The highest BCUT2D eigenvalue weighted by Crippen LogP contribution is 2.04. The van der Waals surface area contributed by atoms with Crippen molar-refractivity contribution in [2.45, 2.75) is 13.5 Å². The number of nitrogens with zero attached hydrogens (tertiary/aromatic N) is 1. The summed E-state index contributed by atoms with van der Waals surface area (Å²) in [6, 6.07) is 6.54. The number of para-hydroxylation sites is 1. The summed E-state index contributed by atoms with van der Waals surface area (Å²) in [5, 5.41) is 5.29. The number of rotatable bonds is 8. The lowest BCUT2D eigenvalue weighted by Crippen LogP contribution is -3.12. The van der Waals surface area contributed by atoms with Crippen LogP contribution in [0.25, 0.3) is 10.9 Å². The smallest absolute Gasteiger partial charge is 0.321 e. The summed E-state index contributed by atoms with van der Waals surface area (Å²) in [4.78, 5) is 43.7. The number of benzene rings is 1. The molecule has 26 heavy (non-hydrogen) atoms. The Hall–Kier alpha value is -2.78. The minimum absolute atomic E-state index is 0.0526. The Morgan fingerprint density at radius 1 is 1.31 bits per heavy atom. The molecular weight excluding hydrogens is 338 g/mol. The molecule has 9 nitrogen and oxygen atoms in total. The van der Waals surface area contributed by atoms with Gasteiger partial charge in [0, 0.05) is 13.7 Å². The van der Waals surface area contributed by atoms with E-state index in [9.17, 15) is 14.4 Å². The van der Waals surface area contributed by atoms with Crippen molar-refractivity contribution in [3.05, 3.63) is 40.4 Å². The van der Waals surface area contributed by atoms with Crippen molar-refractivity contribution < 1.29 is 19.2 Å². The number of nitrogens with one attached hydrogen (secondary N) is 4. The fourth-order valence-electron chi connectivity index (χ4n) is 2.54. The summed E-state index contributed by atoms with van der Waals surface area (Å²) in [5.74, 6) is 0.0656. The molecule has 2 aromatic rings. The van der Waals surface area contributed by atoms with Gasteiger partial charge >= 0.3 is 6.03 Å². The quantitative estimate of drug-likeness (QED) is 0.471. The number of aromatic nitrogens is 2. The molecule has 1 aromatic carbocycles. The monoisotopic (exact) mass is 362 g/mol. The van der Waals surface area contributed by atoms with Crippen LogP contribution in [-0.2, 0) is 16.1 Å². The Kier molecular flexibility index (Phi) is 7.24. The maximum absolute atomic E-state index is 12.2. The number of hydrogen-bond acceptors (Lipinski definition) is 5. The summed E-state index contributed by atoms with van der Waals surface area (Å²) in [6.45, 7) is 3.53. The average molecular weight is 362 g/mol. The van der Waals surface area contributed by atoms with E-state index in [-0.39, 0.29) is 12.1 Å². The van der Waals surface area contributed by atoms with Gasteiger partial charge in [0.1, 0.15) is 13.1 Å². The van der Waals surface area contributed by atoms with E-state index in [2.05, 4.69) is 20.6 Å². The molecule has 9 heteroatoms. The van der Waals surface area contributed by atoms with Gasteiger partial charge in [0.2, 0.25) is 0 Å². The third kappa shape index (κ3) is 5.64. The molecule has 0 aliphatic heterocycles. The maximum Gasteiger partial charge on any atom is 0.321 e. The van der Waals surface area contributed by atoms with Crippen molar-refractivity contribution in [2.24, 2.45) is 0 Å². The number of H-pyrrole nitrogens is 1. The van der Waals surface area contributed by atoms with Crippen LogP contribution in [-0.4, -0.2) is 55.3 Å². The molecule has 140 valence electrons. The van der Waals surface area contributed by atoms with Crippen LogP contribution in [0.15, 0.2) is 29.1 Å². The van der Waals surface area contributed by atoms with E-state index in [4.69, 9.17) is 4.74 Å². The summed E-state index contributed by atoms with van der Waals surface area (Å²) < 4.78 is 5.08. The van der Waals surface area contributed by atoms with Gasteiger partial charge in [-0.1, -0.05) is 12.1 Å². The first kappa shape index (κ1) is 19.5. The fraction of sp³-hybridized carbons (Fsp3) is 0.412. The number of ether oxygens (including phenoxy) is 1. The van der Waals surface area contributed by atoms with Crippen LogP contribution in [0.5, 0.6) is 0 Å². The van der Waals surface area contributed by atoms with E-state index in [0.29, 0.717) is 43.0 Å². The highest BCUT2D eigenvalue weighted by molar-refractivity contribution is 5.94. The van der Waals surface area contributed by atoms with Crippen LogP contribution in [0.1, 0.15) is 12.7 Å². The Labute approximate surface area is 150 Å². The number of aromatic amines is 1. The van der Waals surface area contributed by atoms with Gasteiger partial charge in [-0.05, 0) is 19.1 Å². The molecule has 0 aliphatic rings. The largest absolute Gasteiger partial charge is 0.379 e. The van der Waals surface area contributed by atoms with E-state index in [1.165, 1.54) is 0 Å². The Morgan fingerprint density at radius 2 is 2.08 bits per heavy atom. The fourth-order valence-corrected chi connectivity index (χ4v) is 2.54. The van der Waals surface area contributed by atoms with Crippen molar-refractivity contribution in [2.75, 3.05) is 33.4 Å². The minimum atomic E-state index is -0.527. The lowest BCUT2D eigenvalue weighted by atomic mass is 10.2. The van der Waals surface area contributed by atoms with Crippen molar-refractivity contribution in [3.63, 3.8) is 0 Å². The van der Waals surface area contributed by atoms with Crippen molar-refractivity contribution >= 4 is 22.8 Å². The normalized spacial score (nSPS) is 11.9. The highest BCUT2D eigenvalue weighted by atomic mass is 16.5. The zero-order valence-corrected chi connectivity index (χ0v) is 14.9. The number of carbonyl (C=O) groups excluding carboxylic acids is 2. The Morgan fingerprint density at radius 3 is 2.81 bits per heavy atom. The molecule has 0 aliphatic carbocycles. The third-order valence-corrected chi connectivity index (χ3v) is 3.74. The molecule has 2 rings (SSSR count). The summed E-state index contributed by atoms with van der Waals surface area (Å²) in [5.41, 5.74) is 0.382. The number of fused-ring (bicyclic) bond motifs is 1. The van der Waals surface area contributed by atoms with Gasteiger partial charge < -0.3 is 19.9 Å². The number of quaternary nitrogens is 1. The lowest BCUT2D eigenvalue weighted by molar-refractivity contribution is -0.906. The minimum Gasteiger partial charge on any atom is -0.379 e. The molecule has 0 fully saturated rings. The van der Waals surface area contributed by atoms with E-state index in [1.54, 1.807) is 32.2 Å². The van der Waals surface area contributed by atoms with Crippen LogP contribution in [0.4, 0.5) is 4.79 Å². The second-order valence-electron chi connectivity index (χ2n) is 5.78. The summed E-state index contributed by atoms with van der Waals surface area (Å²) in [6.07, 6.45) is 0. The molecule has 1 heterocycles.